The largest absolute Gasteiger partial charge is 0.345 e. The molecule has 0 fully saturated rings. The summed E-state index contributed by atoms with van der Waals surface area (Å²) in [6.45, 7) is 1.84. The lowest BCUT2D eigenvalue weighted by atomic mass is 10.1. The quantitative estimate of drug-likeness (QED) is 0.445. The second-order valence-electron chi connectivity index (χ2n) is 4.67. The number of benzene rings is 2. The van der Waals surface area contributed by atoms with Gasteiger partial charge in [0.1, 0.15) is 0 Å². The molecular formula is C15H12ClIN2O3. The monoisotopic (exact) mass is 430 g/mol. The summed E-state index contributed by atoms with van der Waals surface area (Å²) in [5.41, 5.74) is 1.08. The number of nitro groups is 1. The SMILES string of the molecule is CC(NC(=O)c1cc([N+](=O)[O-])ccc1I)c1ccc(Cl)cc1. The van der Waals surface area contributed by atoms with Gasteiger partial charge < -0.3 is 5.32 Å². The number of nitrogens with zero attached hydrogens (tertiary/aromatic N) is 1. The molecule has 2 aromatic carbocycles. The van der Waals surface area contributed by atoms with E-state index >= 15 is 0 Å². The number of carbonyl (C=O) groups excluding carboxylic acids is 1. The van der Waals surface area contributed by atoms with Crippen LogP contribution in [0.5, 0.6) is 0 Å². The second-order valence-corrected chi connectivity index (χ2v) is 6.27. The van der Waals surface area contributed by atoms with Gasteiger partial charge >= 0.3 is 0 Å². The minimum Gasteiger partial charge on any atom is -0.345 e. The van der Waals surface area contributed by atoms with E-state index in [1.807, 2.05) is 41.6 Å². The molecule has 114 valence electrons. The molecule has 5 nitrogen and oxygen atoms in total. The molecule has 0 spiro atoms. The van der Waals surface area contributed by atoms with Crippen LogP contribution in [0.2, 0.25) is 5.02 Å². The summed E-state index contributed by atoms with van der Waals surface area (Å²) in [6, 6.07) is 11.1. The molecule has 0 aliphatic heterocycles. The van der Waals surface area contributed by atoms with Crippen molar-refractivity contribution in [3.8, 4) is 0 Å². The molecule has 0 bridgehead atoms. The summed E-state index contributed by atoms with van der Waals surface area (Å²) in [7, 11) is 0. The van der Waals surface area contributed by atoms with Crippen LogP contribution < -0.4 is 5.32 Å². The Hall–Kier alpha value is -1.67. The Labute approximate surface area is 146 Å². The van der Waals surface area contributed by atoms with Crippen molar-refractivity contribution in [1.29, 1.82) is 0 Å². The van der Waals surface area contributed by atoms with Gasteiger partial charge in [-0.3, -0.25) is 14.9 Å². The lowest BCUT2D eigenvalue weighted by Gasteiger charge is -2.15. The van der Waals surface area contributed by atoms with E-state index in [1.54, 1.807) is 18.2 Å². The van der Waals surface area contributed by atoms with Gasteiger partial charge in [0, 0.05) is 20.7 Å². The molecule has 0 aromatic heterocycles. The maximum atomic E-state index is 12.3. The Kier molecular flexibility index (Phi) is 5.36. The average molecular weight is 431 g/mol. The number of halogens is 2. The number of carbonyl (C=O) groups is 1. The average Bonchev–Trinajstić information content (AvgIpc) is 2.47. The zero-order valence-electron chi connectivity index (χ0n) is 11.5. The highest BCUT2D eigenvalue weighted by atomic mass is 127. The van der Waals surface area contributed by atoms with E-state index in [0.717, 1.165) is 5.56 Å². The van der Waals surface area contributed by atoms with Crippen LogP contribution in [0.15, 0.2) is 42.5 Å². The van der Waals surface area contributed by atoms with Crippen LogP contribution in [0.3, 0.4) is 0 Å². The van der Waals surface area contributed by atoms with E-state index in [0.29, 0.717) is 8.59 Å². The van der Waals surface area contributed by atoms with Crippen molar-refractivity contribution in [3.63, 3.8) is 0 Å². The minimum atomic E-state index is -0.518. The molecule has 0 saturated carbocycles. The lowest BCUT2D eigenvalue weighted by molar-refractivity contribution is -0.384. The van der Waals surface area contributed by atoms with E-state index < -0.39 is 4.92 Å². The van der Waals surface area contributed by atoms with Crippen molar-refractivity contribution in [2.24, 2.45) is 0 Å². The first-order chi connectivity index (χ1) is 10.4. The van der Waals surface area contributed by atoms with E-state index in [1.165, 1.54) is 12.1 Å². The number of rotatable bonds is 4. The third kappa shape index (κ3) is 3.95. The summed E-state index contributed by atoms with van der Waals surface area (Å²) in [6.07, 6.45) is 0. The van der Waals surface area contributed by atoms with Crippen LogP contribution in [0.4, 0.5) is 5.69 Å². The van der Waals surface area contributed by atoms with Gasteiger partial charge in [-0.15, -0.1) is 0 Å². The van der Waals surface area contributed by atoms with Crippen molar-refractivity contribution in [3.05, 3.63) is 72.3 Å². The third-order valence-corrected chi connectivity index (χ3v) is 4.32. The standard InChI is InChI=1S/C15H12ClIN2O3/c1-9(10-2-4-11(16)5-3-10)18-15(20)13-8-12(19(21)22)6-7-14(13)17/h2-9H,1H3,(H,18,20). The molecule has 0 saturated heterocycles. The summed E-state index contributed by atoms with van der Waals surface area (Å²) in [5, 5.41) is 14.3. The molecule has 0 aliphatic rings. The Bertz CT molecular complexity index is 719. The van der Waals surface area contributed by atoms with Crippen LogP contribution in [-0.4, -0.2) is 10.8 Å². The summed E-state index contributed by atoms with van der Waals surface area (Å²) in [4.78, 5) is 22.6. The topological polar surface area (TPSA) is 72.2 Å². The Morgan fingerprint density at radius 2 is 1.91 bits per heavy atom. The van der Waals surface area contributed by atoms with E-state index in [4.69, 9.17) is 11.6 Å². The van der Waals surface area contributed by atoms with Crippen LogP contribution >= 0.6 is 34.2 Å². The number of nitro benzene ring substituents is 1. The molecule has 0 aliphatic carbocycles. The van der Waals surface area contributed by atoms with Gasteiger partial charge in [0.05, 0.1) is 16.5 Å². The third-order valence-electron chi connectivity index (χ3n) is 3.12. The first-order valence-electron chi connectivity index (χ1n) is 6.38. The lowest BCUT2D eigenvalue weighted by Crippen LogP contribution is -2.27. The van der Waals surface area contributed by atoms with Gasteiger partial charge in [-0.2, -0.15) is 0 Å². The molecule has 1 amide bonds. The fourth-order valence-electron chi connectivity index (χ4n) is 1.91. The zero-order chi connectivity index (χ0) is 16.3. The molecule has 0 radical (unpaired) electrons. The summed E-state index contributed by atoms with van der Waals surface area (Å²) >= 11 is 7.81. The molecule has 1 atom stereocenters. The highest BCUT2D eigenvalue weighted by Gasteiger charge is 2.17. The van der Waals surface area contributed by atoms with Gasteiger partial charge in [-0.25, -0.2) is 0 Å². The van der Waals surface area contributed by atoms with Crippen molar-refractivity contribution >= 4 is 45.8 Å². The second kappa shape index (κ2) is 7.06. The highest BCUT2D eigenvalue weighted by molar-refractivity contribution is 14.1. The van der Waals surface area contributed by atoms with E-state index in [9.17, 15) is 14.9 Å². The first kappa shape index (κ1) is 16.7. The van der Waals surface area contributed by atoms with Gasteiger partial charge in [0.25, 0.3) is 11.6 Å². The molecule has 2 aromatic rings. The van der Waals surface area contributed by atoms with Crippen molar-refractivity contribution in [2.75, 3.05) is 0 Å². The van der Waals surface area contributed by atoms with Crippen LogP contribution in [0.25, 0.3) is 0 Å². The number of nitrogens with one attached hydrogen (secondary N) is 1. The number of amides is 1. The minimum absolute atomic E-state index is 0.107. The van der Waals surface area contributed by atoms with Gasteiger partial charge in [0.15, 0.2) is 0 Å². The van der Waals surface area contributed by atoms with Gasteiger partial charge in [-0.05, 0) is 53.3 Å². The van der Waals surface area contributed by atoms with Crippen LogP contribution in [0.1, 0.15) is 28.9 Å². The van der Waals surface area contributed by atoms with Gasteiger partial charge in [0.2, 0.25) is 0 Å². The zero-order valence-corrected chi connectivity index (χ0v) is 14.5. The first-order valence-corrected chi connectivity index (χ1v) is 7.84. The number of hydrogen-bond donors (Lipinski definition) is 1. The summed E-state index contributed by atoms with van der Waals surface area (Å²) in [5.74, 6) is -0.351. The molecule has 2 rings (SSSR count). The van der Waals surface area contributed by atoms with E-state index in [2.05, 4.69) is 5.32 Å². The normalized spacial score (nSPS) is 11.8. The molecule has 1 N–H and O–H groups in total. The smallest absolute Gasteiger partial charge is 0.270 e. The maximum absolute atomic E-state index is 12.3. The Morgan fingerprint density at radius 1 is 1.27 bits per heavy atom. The number of non-ortho nitro benzene ring substituents is 1. The molecule has 22 heavy (non-hydrogen) atoms. The van der Waals surface area contributed by atoms with Gasteiger partial charge in [-0.1, -0.05) is 23.7 Å². The fraction of sp³-hybridized carbons (Fsp3) is 0.133. The number of hydrogen-bond acceptors (Lipinski definition) is 3. The fourth-order valence-corrected chi connectivity index (χ4v) is 2.62. The van der Waals surface area contributed by atoms with Crippen LogP contribution in [0, 0.1) is 13.7 Å². The van der Waals surface area contributed by atoms with Crippen molar-refractivity contribution in [1.82, 2.24) is 5.32 Å². The molecule has 1 unspecified atom stereocenters. The van der Waals surface area contributed by atoms with Crippen molar-refractivity contribution in [2.45, 2.75) is 13.0 Å². The van der Waals surface area contributed by atoms with Crippen LogP contribution in [-0.2, 0) is 0 Å². The highest BCUT2D eigenvalue weighted by Crippen LogP contribution is 2.21. The molecule has 7 heteroatoms. The summed E-state index contributed by atoms with van der Waals surface area (Å²) < 4.78 is 0.656. The maximum Gasteiger partial charge on any atom is 0.270 e. The predicted molar refractivity (Wildman–Crippen MR) is 93.1 cm³/mol. The Balaban J connectivity index is 2.20. The Morgan fingerprint density at radius 3 is 2.50 bits per heavy atom. The van der Waals surface area contributed by atoms with Crippen molar-refractivity contribution < 1.29 is 9.72 Å². The molecular weight excluding hydrogens is 419 g/mol. The predicted octanol–water partition coefficient (Wildman–Crippen LogP) is 4.34. The molecule has 0 heterocycles. The van der Waals surface area contributed by atoms with E-state index in [-0.39, 0.29) is 23.2 Å².